The van der Waals surface area contributed by atoms with Gasteiger partial charge in [-0.2, -0.15) is 0 Å². The van der Waals surface area contributed by atoms with Crippen molar-refractivity contribution in [2.75, 3.05) is 26.0 Å². The van der Waals surface area contributed by atoms with Gasteiger partial charge in [0.25, 0.3) is 5.91 Å². The zero-order valence-corrected chi connectivity index (χ0v) is 13.3. The summed E-state index contributed by atoms with van der Waals surface area (Å²) in [4.78, 5) is 26.6. The maximum atomic E-state index is 12.5. The van der Waals surface area contributed by atoms with E-state index in [0.717, 1.165) is 10.5 Å². The van der Waals surface area contributed by atoms with Gasteiger partial charge in [-0.1, -0.05) is 6.07 Å². The monoisotopic (exact) mass is 295 g/mol. The molecule has 5 heteroatoms. The molecule has 1 aromatic carbocycles. The van der Waals surface area contributed by atoms with Crippen molar-refractivity contribution in [2.45, 2.75) is 25.7 Å². The number of esters is 1. The molecule has 0 saturated carbocycles. The van der Waals surface area contributed by atoms with Crippen LogP contribution in [0.15, 0.2) is 23.1 Å². The molecule has 0 fully saturated rings. The largest absolute Gasteiger partial charge is 0.465 e. The minimum atomic E-state index is -0.374. The third-order valence-electron chi connectivity index (χ3n) is 2.97. The van der Waals surface area contributed by atoms with E-state index in [9.17, 15) is 9.59 Å². The van der Waals surface area contributed by atoms with Gasteiger partial charge in [0.1, 0.15) is 6.54 Å². The van der Waals surface area contributed by atoms with Gasteiger partial charge in [-0.25, -0.2) is 0 Å². The highest BCUT2D eigenvalue weighted by Gasteiger charge is 2.19. The van der Waals surface area contributed by atoms with Crippen LogP contribution < -0.4 is 0 Å². The topological polar surface area (TPSA) is 46.6 Å². The van der Waals surface area contributed by atoms with Crippen LogP contribution in [0.3, 0.4) is 0 Å². The molecule has 4 nitrogen and oxygen atoms in total. The van der Waals surface area contributed by atoms with E-state index in [-0.39, 0.29) is 18.4 Å². The summed E-state index contributed by atoms with van der Waals surface area (Å²) in [6.07, 6.45) is 1.97. The van der Waals surface area contributed by atoms with Gasteiger partial charge in [0.2, 0.25) is 0 Å². The molecule has 0 aliphatic rings. The predicted molar refractivity (Wildman–Crippen MR) is 81.2 cm³/mol. The Balaban J connectivity index is 2.93. The molecule has 0 N–H and O–H groups in total. The van der Waals surface area contributed by atoms with Crippen LogP contribution in [0.25, 0.3) is 0 Å². The van der Waals surface area contributed by atoms with Crippen molar-refractivity contribution in [3.8, 4) is 0 Å². The van der Waals surface area contributed by atoms with Gasteiger partial charge in [-0.3, -0.25) is 9.59 Å². The number of carbonyl (C=O) groups excluding carboxylic acids is 2. The van der Waals surface area contributed by atoms with E-state index < -0.39 is 0 Å². The van der Waals surface area contributed by atoms with Crippen molar-refractivity contribution >= 4 is 23.6 Å². The number of thioether (sulfide) groups is 1. The van der Waals surface area contributed by atoms with Crippen molar-refractivity contribution in [1.82, 2.24) is 4.90 Å². The molecule has 20 heavy (non-hydrogen) atoms. The van der Waals surface area contributed by atoms with Crippen LogP contribution in [-0.2, 0) is 9.53 Å². The zero-order chi connectivity index (χ0) is 15.1. The maximum Gasteiger partial charge on any atom is 0.325 e. The Morgan fingerprint density at radius 1 is 1.30 bits per heavy atom. The number of hydrogen-bond acceptors (Lipinski definition) is 4. The van der Waals surface area contributed by atoms with Crippen LogP contribution in [-0.4, -0.2) is 42.7 Å². The number of carbonyl (C=O) groups is 2. The van der Waals surface area contributed by atoms with Gasteiger partial charge in [0, 0.05) is 17.0 Å². The Kier molecular flexibility index (Phi) is 6.58. The lowest BCUT2D eigenvalue weighted by molar-refractivity contribution is -0.143. The first-order valence-electron chi connectivity index (χ1n) is 6.63. The van der Waals surface area contributed by atoms with Crippen molar-refractivity contribution in [3.63, 3.8) is 0 Å². The number of aryl methyl sites for hydroxylation is 1. The summed E-state index contributed by atoms with van der Waals surface area (Å²) in [5.74, 6) is -0.504. The summed E-state index contributed by atoms with van der Waals surface area (Å²) in [7, 11) is 0. The smallest absolute Gasteiger partial charge is 0.325 e. The highest BCUT2D eigenvalue weighted by Crippen LogP contribution is 2.20. The fourth-order valence-electron chi connectivity index (χ4n) is 1.82. The average molecular weight is 295 g/mol. The first-order chi connectivity index (χ1) is 9.53. The van der Waals surface area contributed by atoms with Crippen molar-refractivity contribution < 1.29 is 14.3 Å². The molecule has 0 heterocycles. The van der Waals surface area contributed by atoms with Crippen molar-refractivity contribution in [2.24, 2.45) is 0 Å². The van der Waals surface area contributed by atoms with Gasteiger partial charge < -0.3 is 9.64 Å². The lowest BCUT2D eigenvalue weighted by atomic mass is 10.1. The second-order valence-electron chi connectivity index (χ2n) is 4.31. The van der Waals surface area contributed by atoms with E-state index in [2.05, 4.69) is 0 Å². The standard InChI is InChI=1S/C15H21NO3S/c1-5-16(10-14(17)19-6-2)15(18)13-9-12(20-4)8-7-11(13)3/h7-9H,5-6,10H2,1-4H3. The summed E-state index contributed by atoms with van der Waals surface area (Å²) >= 11 is 1.59. The van der Waals surface area contributed by atoms with Crippen LogP contribution in [0.2, 0.25) is 0 Å². The summed E-state index contributed by atoms with van der Waals surface area (Å²) in [6.45, 7) is 6.29. The third kappa shape index (κ3) is 4.27. The molecule has 0 aromatic heterocycles. The predicted octanol–water partition coefficient (Wildman–Crippen LogP) is 2.74. The van der Waals surface area contributed by atoms with Crippen LogP contribution in [0, 0.1) is 6.92 Å². The molecule has 0 atom stereocenters. The molecule has 110 valence electrons. The zero-order valence-electron chi connectivity index (χ0n) is 12.4. The minimum absolute atomic E-state index is 0.00783. The molecule has 0 radical (unpaired) electrons. The van der Waals surface area contributed by atoms with Gasteiger partial charge in [0.15, 0.2) is 0 Å². The summed E-state index contributed by atoms with van der Waals surface area (Å²) in [6, 6.07) is 5.78. The first-order valence-corrected chi connectivity index (χ1v) is 7.85. The van der Waals surface area contributed by atoms with Crippen LogP contribution in [0.5, 0.6) is 0 Å². The maximum absolute atomic E-state index is 12.5. The molecule has 0 saturated heterocycles. The van der Waals surface area contributed by atoms with Gasteiger partial charge in [-0.15, -0.1) is 11.8 Å². The van der Waals surface area contributed by atoms with Gasteiger partial charge in [0.05, 0.1) is 6.61 Å². The number of benzene rings is 1. The molecule has 0 unspecified atom stereocenters. The van der Waals surface area contributed by atoms with Gasteiger partial charge >= 0.3 is 5.97 Å². The van der Waals surface area contributed by atoms with E-state index in [1.54, 1.807) is 18.7 Å². The minimum Gasteiger partial charge on any atom is -0.465 e. The quantitative estimate of drug-likeness (QED) is 0.598. The molecule has 1 rings (SSSR count). The number of hydrogen-bond donors (Lipinski definition) is 0. The average Bonchev–Trinajstić information content (AvgIpc) is 2.45. The highest BCUT2D eigenvalue weighted by molar-refractivity contribution is 7.98. The van der Waals surface area contributed by atoms with E-state index in [1.807, 2.05) is 38.3 Å². The van der Waals surface area contributed by atoms with E-state index in [0.29, 0.717) is 18.7 Å². The second kappa shape index (κ2) is 7.94. The molecular weight excluding hydrogens is 274 g/mol. The number of ether oxygens (including phenoxy) is 1. The van der Waals surface area contributed by atoms with E-state index >= 15 is 0 Å². The number of likely N-dealkylation sites (N-methyl/N-ethyl adjacent to an activating group) is 1. The molecule has 0 aliphatic heterocycles. The van der Waals surface area contributed by atoms with Crippen molar-refractivity contribution in [1.29, 1.82) is 0 Å². The molecule has 1 aromatic rings. The Morgan fingerprint density at radius 2 is 2.00 bits per heavy atom. The Morgan fingerprint density at radius 3 is 2.55 bits per heavy atom. The van der Waals surface area contributed by atoms with Crippen molar-refractivity contribution in [3.05, 3.63) is 29.3 Å². The first kappa shape index (κ1) is 16.6. The van der Waals surface area contributed by atoms with Gasteiger partial charge in [-0.05, 0) is 44.7 Å². The fraction of sp³-hybridized carbons (Fsp3) is 0.467. The molecule has 0 aliphatic carbocycles. The number of amides is 1. The molecular formula is C15H21NO3S. The Bertz CT molecular complexity index is 488. The Labute approximate surface area is 124 Å². The SMILES string of the molecule is CCOC(=O)CN(CC)C(=O)c1cc(SC)ccc1C. The molecule has 0 spiro atoms. The molecule has 0 bridgehead atoms. The third-order valence-corrected chi connectivity index (χ3v) is 3.69. The van der Waals surface area contributed by atoms with Crippen LogP contribution in [0.1, 0.15) is 29.8 Å². The second-order valence-corrected chi connectivity index (χ2v) is 5.18. The van der Waals surface area contributed by atoms with Crippen LogP contribution >= 0.6 is 11.8 Å². The Hall–Kier alpha value is -1.49. The lowest BCUT2D eigenvalue weighted by Crippen LogP contribution is -2.36. The molecule has 1 amide bonds. The normalized spacial score (nSPS) is 10.2. The summed E-state index contributed by atoms with van der Waals surface area (Å²) in [5.41, 5.74) is 1.55. The van der Waals surface area contributed by atoms with E-state index in [1.165, 1.54) is 4.90 Å². The summed E-state index contributed by atoms with van der Waals surface area (Å²) < 4.78 is 4.90. The van der Waals surface area contributed by atoms with Crippen LogP contribution in [0.4, 0.5) is 0 Å². The summed E-state index contributed by atoms with van der Waals surface area (Å²) in [5, 5.41) is 0. The lowest BCUT2D eigenvalue weighted by Gasteiger charge is -2.21. The highest BCUT2D eigenvalue weighted by atomic mass is 32.2. The fourth-order valence-corrected chi connectivity index (χ4v) is 2.26. The number of rotatable bonds is 6. The van der Waals surface area contributed by atoms with E-state index in [4.69, 9.17) is 4.74 Å². The number of nitrogens with zero attached hydrogens (tertiary/aromatic N) is 1.